The molecule has 6 aliphatic heterocycles. The van der Waals surface area contributed by atoms with Gasteiger partial charge in [-0.2, -0.15) is 0 Å². The lowest BCUT2D eigenvalue weighted by molar-refractivity contribution is 1.57. The molecule has 6 aliphatic rings. The van der Waals surface area contributed by atoms with Gasteiger partial charge < -0.3 is 0 Å². The fourth-order valence-electron chi connectivity index (χ4n) is 2.77. The second-order valence-corrected chi connectivity index (χ2v) is 25.2. The molecule has 0 aromatic heterocycles. The third-order valence-electron chi connectivity index (χ3n) is 4.22. The van der Waals surface area contributed by atoms with Crippen molar-refractivity contribution >= 4 is 188 Å². The molecule has 6 heterocycles. The van der Waals surface area contributed by atoms with Gasteiger partial charge in [-0.05, 0) is 34.1 Å². The molecule has 190 valence electrons. The van der Waals surface area contributed by atoms with Crippen LogP contribution in [-0.2, 0) is 0 Å². The van der Waals surface area contributed by atoms with Crippen LogP contribution >= 0.6 is 188 Å². The summed E-state index contributed by atoms with van der Waals surface area (Å²) < 4.78 is 17.7. The smallest absolute Gasteiger partial charge is 0.0718 e. The van der Waals surface area contributed by atoms with Crippen LogP contribution in [0.2, 0.25) is 0 Å². The lowest BCUT2D eigenvalue weighted by atomic mass is 11.0. The third-order valence-corrected chi connectivity index (χ3v) is 26.7. The van der Waals surface area contributed by atoms with Crippen LogP contribution in [-0.4, -0.2) is 24.0 Å². The molecule has 0 aromatic rings. The predicted molar refractivity (Wildman–Crippen MR) is 203 cm³/mol. The Hall–Kier alpha value is 3.52. The van der Waals surface area contributed by atoms with Gasteiger partial charge in [0.05, 0.1) is 50.8 Å². The Balaban J connectivity index is 1.01. The van der Waals surface area contributed by atoms with Gasteiger partial charge in [0.25, 0.3) is 0 Å². The van der Waals surface area contributed by atoms with Gasteiger partial charge in [-0.1, -0.05) is 141 Å². The summed E-state index contributed by atoms with van der Waals surface area (Å²) in [5.74, 6) is 2.30. The van der Waals surface area contributed by atoms with Gasteiger partial charge >= 0.3 is 0 Å². The SMILES string of the molecule is CSC1=C(SCCSC2=C(SC)SC(=C3SC4=C(SC(=C5SC=CS5)S4)S3)S2)SC(=C2SC=CS2)S1. The van der Waals surface area contributed by atoms with Crippen LogP contribution in [0.4, 0.5) is 0 Å². The zero-order valence-corrected chi connectivity index (χ0v) is 31.3. The van der Waals surface area contributed by atoms with Crippen LogP contribution in [0.3, 0.4) is 0 Å². The summed E-state index contributed by atoms with van der Waals surface area (Å²) in [6, 6.07) is 0. The molecule has 6 rings (SSSR count). The van der Waals surface area contributed by atoms with E-state index in [1.54, 1.807) is 0 Å². The average molecular weight is 767 g/mol. The summed E-state index contributed by atoms with van der Waals surface area (Å²) in [6.07, 6.45) is 4.43. The van der Waals surface area contributed by atoms with E-state index in [0.717, 1.165) is 11.5 Å². The highest BCUT2D eigenvalue weighted by Crippen LogP contribution is 2.72. The van der Waals surface area contributed by atoms with Crippen LogP contribution in [0.15, 0.2) is 72.5 Å². The van der Waals surface area contributed by atoms with Crippen molar-refractivity contribution in [2.24, 2.45) is 0 Å². The van der Waals surface area contributed by atoms with Crippen LogP contribution < -0.4 is 0 Å². The van der Waals surface area contributed by atoms with Gasteiger partial charge in [0.1, 0.15) is 0 Å². The molecule has 0 amide bonds. The van der Waals surface area contributed by atoms with Crippen molar-refractivity contribution < 1.29 is 0 Å². The van der Waals surface area contributed by atoms with Crippen molar-refractivity contribution in [3.8, 4) is 0 Å². The second kappa shape index (κ2) is 14.3. The predicted octanol–water partition coefficient (Wildman–Crippen LogP) is 13.8. The van der Waals surface area contributed by atoms with E-state index in [-0.39, 0.29) is 0 Å². The van der Waals surface area contributed by atoms with Crippen LogP contribution in [0, 0.1) is 0 Å². The number of hydrogen-bond donors (Lipinski definition) is 0. The molecule has 0 radical (unpaired) electrons. The van der Waals surface area contributed by atoms with Crippen molar-refractivity contribution in [1.82, 2.24) is 0 Å². The Kier molecular flexibility index (Phi) is 11.8. The molecular weight excluding hydrogens is 753 g/mol. The van der Waals surface area contributed by atoms with E-state index in [2.05, 4.69) is 34.1 Å². The zero-order valence-electron chi connectivity index (χ0n) is 18.3. The molecule has 0 unspecified atom stereocenters. The van der Waals surface area contributed by atoms with E-state index in [4.69, 9.17) is 0 Å². The third kappa shape index (κ3) is 7.00. The molecule has 0 aromatic carbocycles. The summed E-state index contributed by atoms with van der Waals surface area (Å²) in [5.41, 5.74) is 0. The highest BCUT2D eigenvalue weighted by atomic mass is 32.3. The van der Waals surface area contributed by atoms with Gasteiger partial charge in [-0.25, -0.2) is 0 Å². The minimum Gasteiger partial charge on any atom is -0.121 e. The maximum absolute atomic E-state index is 2.22. The molecule has 0 bridgehead atoms. The minimum absolute atomic E-state index is 1.15. The van der Waals surface area contributed by atoms with E-state index >= 15 is 0 Å². The molecule has 0 spiro atoms. The molecule has 0 saturated carbocycles. The quantitative estimate of drug-likeness (QED) is 0.225. The molecule has 0 nitrogen and oxygen atoms in total. The average Bonchev–Trinajstić information content (AvgIpc) is 3.71. The highest BCUT2D eigenvalue weighted by Gasteiger charge is 2.36. The maximum Gasteiger partial charge on any atom is 0.0718 e. The Labute approximate surface area is 280 Å². The molecule has 0 fully saturated rings. The monoisotopic (exact) mass is 766 g/mol. The number of thioether (sulfide) groups is 16. The van der Waals surface area contributed by atoms with E-state index < -0.39 is 0 Å². The normalized spacial score (nSPS) is 23.9. The largest absolute Gasteiger partial charge is 0.121 e. The van der Waals surface area contributed by atoms with Crippen molar-refractivity contribution in [3.63, 3.8) is 0 Å². The fourth-order valence-corrected chi connectivity index (χ4v) is 24.7. The number of hydrogen-bond acceptors (Lipinski definition) is 16. The lowest BCUT2D eigenvalue weighted by Gasteiger charge is -2.07. The molecule has 0 atom stereocenters. The first-order valence-electron chi connectivity index (χ1n) is 9.90. The van der Waals surface area contributed by atoms with Crippen molar-refractivity contribution in [2.45, 2.75) is 0 Å². The van der Waals surface area contributed by atoms with E-state index in [0.29, 0.717) is 0 Å². The van der Waals surface area contributed by atoms with Gasteiger partial charge in [0.15, 0.2) is 0 Å². The summed E-state index contributed by atoms with van der Waals surface area (Å²) in [7, 11) is 0. The fraction of sp³-hybridized carbons (Fsp3) is 0.200. The maximum atomic E-state index is 2.22. The Bertz CT molecular complexity index is 1170. The van der Waals surface area contributed by atoms with Crippen molar-refractivity contribution in [2.75, 3.05) is 24.0 Å². The lowest BCUT2D eigenvalue weighted by Crippen LogP contribution is -1.84. The Morgan fingerprint density at radius 2 is 0.722 bits per heavy atom. The molecule has 0 saturated heterocycles. The summed E-state index contributed by atoms with van der Waals surface area (Å²) in [5, 5.41) is 8.77. The molecular formula is C20H14S16. The van der Waals surface area contributed by atoms with Gasteiger partial charge in [0.2, 0.25) is 0 Å². The zero-order chi connectivity index (χ0) is 24.5. The van der Waals surface area contributed by atoms with Crippen LogP contribution in [0.25, 0.3) is 0 Å². The topological polar surface area (TPSA) is 0 Å². The first-order valence-corrected chi connectivity index (χ1v) is 24.4. The van der Waals surface area contributed by atoms with Gasteiger partial charge in [-0.3, -0.25) is 0 Å². The van der Waals surface area contributed by atoms with Gasteiger partial charge in [0, 0.05) is 11.5 Å². The Morgan fingerprint density at radius 1 is 0.417 bits per heavy atom. The van der Waals surface area contributed by atoms with Crippen LogP contribution in [0.5, 0.6) is 0 Å². The highest BCUT2D eigenvalue weighted by molar-refractivity contribution is 8.50. The standard InChI is InChI=1S/C20H14S16/c1-21-9-13(31-15(29-9)11-23-3-4-24-11)27-7-8-28-14-10(22-2)30-17(32-14)18-35-19-20(36-18)34-16(33-19)12-25-5-6-26-12/h3-6H,7-8H2,1-2H3. The summed E-state index contributed by atoms with van der Waals surface area (Å²) in [6.45, 7) is 0. The second-order valence-electron chi connectivity index (χ2n) is 6.39. The van der Waals surface area contributed by atoms with E-state index in [1.807, 2.05) is 188 Å². The van der Waals surface area contributed by atoms with Crippen LogP contribution in [0.1, 0.15) is 0 Å². The first kappa shape index (κ1) is 29.6. The molecule has 36 heavy (non-hydrogen) atoms. The number of rotatable bonds is 7. The molecule has 0 N–H and O–H groups in total. The van der Waals surface area contributed by atoms with Crippen molar-refractivity contribution in [1.29, 1.82) is 0 Å². The molecule has 0 aliphatic carbocycles. The molecule has 16 heteroatoms. The van der Waals surface area contributed by atoms with Crippen molar-refractivity contribution in [3.05, 3.63) is 72.5 Å². The summed E-state index contributed by atoms with van der Waals surface area (Å²) in [4.78, 5) is 0. The van der Waals surface area contributed by atoms with E-state index in [1.165, 1.54) is 50.8 Å². The summed E-state index contributed by atoms with van der Waals surface area (Å²) >= 11 is 31.2. The van der Waals surface area contributed by atoms with Gasteiger partial charge in [-0.15, -0.1) is 47.0 Å². The first-order chi connectivity index (χ1) is 17.7. The Morgan fingerprint density at radius 3 is 1.11 bits per heavy atom. The van der Waals surface area contributed by atoms with E-state index in [9.17, 15) is 0 Å². The minimum atomic E-state index is 1.15.